The van der Waals surface area contributed by atoms with E-state index in [-0.39, 0.29) is 0 Å². The van der Waals surface area contributed by atoms with Crippen LogP contribution in [0.2, 0.25) is 0 Å². The van der Waals surface area contributed by atoms with Crippen molar-refractivity contribution in [1.82, 2.24) is 9.97 Å². The van der Waals surface area contributed by atoms with Crippen molar-refractivity contribution in [3.05, 3.63) is 18.1 Å². The van der Waals surface area contributed by atoms with Crippen LogP contribution in [-0.2, 0) is 20.1 Å². The Morgan fingerprint density at radius 3 is 2.21 bits per heavy atom. The lowest BCUT2D eigenvalue weighted by Crippen LogP contribution is -2.12. The van der Waals surface area contributed by atoms with Crippen LogP contribution in [0.1, 0.15) is 5.69 Å². The summed E-state index contributed by atoms with van der Waals surface area (Å²) in [6.45, 7) is 3.16. The minimum absolute atomic E-state index is 0.347. The molecule has 1 heterocycles. The normalized spacial score (nSPS) is 10.6. The van der Waals surface area contributed by atoms with Crippen molar-refractivity contribution >= 4 is 11.6 Å². The Labute approximate surface area is 118 Å². The minimum atomic E-state index is 0.347. The predicted molar refractivity (Wildman–Crippen MR) is 70.6 cm³/mol. The number of methoxy groups -OCH3 is 1. The largest absolute Gasteiger partial charge is 0.474 e. The van der Waals surface area contributed by atoms with Crippen LogP contribution in [0.15, 0.2) is 12.4 Å². The van der Waals surface area contributed by atoms with E-state index in [9.17, 15) is 0 Å². The molecule has 19 heavy (non-hydrogen) atoms. The van der Waals surface area contributed by atoms with Gasteiger partial charge in [-0.25, -0.2) is 4.98 Å². The zero-order valence-electron chi connectivity index (χ0n) is 11.0. The standard InChI is InChI=1S/C12H19ClN2O4/c1-16-2-3-17-4-5-18-6-7-19-12-10-14-11(8-13)9-15-12/h9-10H,2-8H2,1H3. The van der Waals surface area contributed by atoms with Crippen molar-refractivity contribution in [3.63, 3.8) is 0 Å². The van der Waals surface area contributed by atoms with E-state index in [4.69, 9.17) is 30.5 Å². The van der Waals surface area contributed by atoms with E-state index in [2.05, 4.69) is 9.97 Å². The van der Waals surface area contributed by atoms with Crippen molar-refractivity contribution in [1.29, 1.82) is 0 Å². The van der Waals surface area contributed by atoms with Gasteiger partial charge in [0.25, 0.3) is 0 Å². The molecule has 0 bridgehead atoms. The topological polar surface area (TPSA) is 62.7 Å². The minimum Gasteiger partial charge on any atom is -0.474 e. The first kappa shape index (κ1) is 16.1. The average molecular weight is 291 g/mol. The molecule has 0 amide bonds. The van der Waals surface area contributed by atoms with Crippen LogP contribution in [0.3, 0.4) is 0 Å². The first-order valence-corrected chi connectivity index (χ1v) is 6.54. The zero-order chi connectivity index (χ0) is 13.8. The SMILES string of the molecule is COCCOCCOCCOc1cnc(CCl)cn1. The second kappa shape index (κ2) is 10.9. The Morgan fingerprint density at radius 1 is 0.947 bits per heavy atom. The highest BCUT2D eigenvalue weighted by Crippen LogP contribution is 2.05. The maximum atomic E-state index is 5.60. The van der Waals surface area contributed by atoms with Crippen molar-refractivity contribution in [2.24, 2.45) is 0 Å². The van der Waals surface area contributed by atoms with Gasteiger partial charge in [0.2, 0.25) is 5.88 Å². The molecule has 0 aliphatic heterocycles. The van der Waals surface area contributed by atoms with Gasteiger partial charge in [-0.05, 0) is 0 Å². The Morgan fingerprint density at radius 2 is 1.63 bits per heavy atom. The molecule has 0 N–H and O–H groups in total. The van der Waals surface area contributed by atoms with Crippen molar-refractivity contribution in [2.75, 3.05) is 46.8 Å². The highest BCUT2D eigenvalue weighted by atomic mass is 35.5. The van der Waals surface area contributed by atoms with Crippen LogP contribution in [0, 0.1) is 0 Å². The lowest BCUT2D eigenvalue weighted by atomic mass is 10.5. The third-order valence-electron chi connectivity index (χ3n) is 2.10. The van der Waals surface area contributed by atoms with Gasteiger partial charge in [0.15, 0.2) is 0 Å². The van der Waals surface area contributed by atoms with Gasteiger partial charge >= 0.3 is 0 Å². The quantitative estimate of drug-likeness (QED) is 0.452. The summed E-state index contributed by atoms with van der Waals surface area (Å²) in [5.74, 6) is 0.813. The molecular weight excluding hydrogens is 272 g/mol. The van der Waals surface area contributed by atoms with Gasteiger partial charge in [0, 0.05) is 7.11 Å². The molecule has 6 nitrogen and oxygen atoms in total. The van der Waals surface area contributed by atoms with Crippen LogP contribution < -0.4 is 4.74 Å². The smallest absolute Gasteiger partial charge is 0.232 e. The van der Waals surface area contributed by atoms with E-state index < -0.39 is 0 Å². The number of halogens is 1. The predicted octanol–water partition coefficient (Wildman–Crippen LogP) is 1.27. The number of hydrogen-bond acceptors (Lipinski definition) is 6. The molecule has 0 unspecified atom stereocenters. The highest BCUT2D eigenvalue weighted by Gasteiger charge is 1.97. The fourth-order valence-electron chi connectivity index (χ4n) is 1.16. The van der Waals surface area contributed by atoms with Gasteiger partial charge in [-0.2, -0.15) is 0 Å². The number of nitrogens with zero attached hydrogens (tertiary/aromatic N) is 2. The molecular formula is C12H19ClN2O4. The maximum Gasteiger partial charge on any atom is 0.232 e. The van der Waals surface area contributed by atoms with Crippen LogP contribution in [-0.4, -0.2) is 56.7 Å². The number of hydrogen-bond donors (Lipinski definition) is 0. The average Bonchev–Trinajstić information content (AvgIpc) is 2.46. The molecule has 0 saturated carbocycles. The van der Waals surface area contributed by atoms with Gasteiger partial charge < -0.3 is 18.9 Å². The van der Waals surface area contributed by atoms with Crippen molar-refractivity contribution in [3.8, 4) is 5.88 Å². The van der Waals surface area contributed by atoms with E-state index >= 15 is 0 Å². The third kappa shape index (κ3) is 7.94. The Hall–Kier alpha value is -0.950. The van der Waals surface area contributed by atoms with E-state index in [0.29, 0.717) is 51.4 Å². The van der Waals surface area contributed by atoms with Crippen molar-refractivity contribution < 1.29 is 18.9 Å². The summed E-state index contributed by atoms with van der Waals surface area (Å²) in [7, 11) is 1.64. The molecule has 1 aromatic heterocycles. The molecule has 7 heteroatoms. The summed E-state index contributed by atoms with van der Waals surface area (Å²) in [5, 5.41) is 0. The molecule has 108 valence electrons. The molecule has 0 spiro atoms. The van der Waals surface area contributed by atoms with E-state index in [1.54, 1.807) is 19.5 Å². The molecule has 0 radical (unpaired) electrons. The lowest BCUT2D eigenvalue weighted by Gasteiger charge is -2.07. The number of rotatable bonds is 11. The molecule has 0 aliphatic rings. The first-order valence-electron chi connectivity index (χ1n) is 6.01. The molecule has 0 aliphatic carbocycles. The van der Waals surface area contributed by atoms with Gasteiger partial charge in [0.1, 0.15) is 6.61 Å². The first-order chi connectivity index (χ1) is 9.36. The van der Waals surface area contributed by atoms with Crippen LogP contribution >= 0.6 is 11.6 Å². The van der Waals surface area contributed by atoms with Gasteiger partial charge in [0.05, 0.1) is 57.0 Å². The summed E-state index contributed by atoms with van der Waals surface area (Å²) in [4.78, 5) is 8.12. The van der Waals surface area contributed by atoms with Crippen LogP contribution in [0.5, 0.6) is 5.88 Å². The number of ether oxygens (including phenoxy) is 4. The van der Waals surface area contributed by atoms with Crippen LogP contribution in [0.4, 0.5) is 0 Å². The van der Waals surface area contributed by atoms with E-state index in [1.165, 1.54) is 0 Å². The fourth-order valence-corrected chi connectivity index (χ4v) is 1.29. The third-order valence-corrected chi connectivity index (χ3v) is 2.37. The van der Waals surface area contributed by atoms with Gasteiger partial charge in [-0.15, -0.1) is 11.6 Å². The van der Waals surface area contributed by atoms with Gasteiger partial charge in [-0.1, -0.05) is 0 Å². The summed E-state index contributed by atoms with van der Waals surface area (Å²) >= 11 is 5.60. The van der Waals surface area contributed by atoms with E-state index in [0.717, 1.165) is 5.69 Å². The Balaban J connectivity index is 1.95. The molecule has 0 fully saturated rings. The second-order valence-corrected chi connectivity index (χ2v) is 3.81. The number of alkyl halides is 1. The zero-order valence-corrected chi connectivity index (χ0v) is 11.8. The van der Waals surface area contributed by atoms with Gasteiger partial charge in [-0.3, -0.25) is 4.98 Å². The molecule has 0 aromatic carbocycles. The molecule has 1 aromatic rings. The summed E-state index contributed by atoms with van der Waals surface area (Å²) < 4.78 is 20.8. The second-order valence-electron chi connectivity index (χ2n) is 3.55. The Kier molecular flexibility index (Phi) is 9.26. The molecule has 0 saturated heterocycles. The molecule has 0 atom stereocenters. The Bertz CT molecular complexity index is 324. The maximum absolute atomic E-state index is 5.60. The lowest BCUT2D eigenvalue weighted by molar-refractivity contribution is 0.0176. The van der Waals surface area contributed by atoms with E-state index in [1.807, 2.05) is 0 Å². The highest BCUT2D eigenvalue weighted by molar-refractivity contribution is 6.16. The summed E-state index contributed by atoms with van der Waals surface area (Å²) in [6.07, 6.45) is 3.14. The summed E-state index contributed by atoms with van der Waals surface area (Å²) in [5.41, 5.74) is 0.721. The monoisotopic (exact) mass is 290 g/mol. The van der Waals surface area contributed by atoms with Crippen LogP contribution in [0.25, 0.3) is 0 Å². The summed E-state index contributed by atoms with van der Waals surface area (Å²) in [6, 6.07) is 0. The molecule has 1 rings (SSSR count). The number of aromatic nitrogens is 2. The fraction of sp³-hybridized carbons (Fsp3) is 0.667. The van der Waals surface area contributed by atoms with Crippen molar-refractivity contribution in [2.45, 2.75) is 5.88 Å².